The SMILES string of the molecule is Cc1cccc2c1N(C)C(CC(=O)O)C(=O)N2C. The summed E-state index contributed by atoms with van der Waals surface area (Å²) in [6.45, 7) is 1.96. The second-order valence-corrected chi connectivity index (χ2v) is 4.56. The number of fused-ring (bicyclic) bond motifs is 1. The van der Waals surface area contributed by atoms with Crippen molar-refractivity contribution >= 4 is 23.3 Å². The number of carbonyl (C=O) groups is 2. The summed E-state index contributed by atoms with van der Waals surface area (Å²) in [7, 11) is 3.45. The Morgan fingerprint density at radius 1 is 1.39 bits per heavy atom. The first kappa shape index (κ1) is 12.4. The van der Waals surface area contributed by atoms with Gasteiger partial charge in [-0.1, -0.05) is 12.1 Å². The molecule has 1 heterocycles. The summed E-state index contributed by atoms with van der Waals surface area (Å²) in [5.74, 6) is -1.15. The minimum Gasteiger partial charge on any atom is -0.481 e. The second kappa shape index (κ2) is 4.33. The molecule has 1 aliphatic heterocycles. The molecule has 96 valence electrons. The molecule has 1 atom stereocenters. The number of aliphatic carboxylic acids is 1. The molecule has 1 amide bonds. The lowest BCUT2D eigenvalue weighted by atomic mass is 10.0. The first-order valence-corrected chi connectivity index (χ1v) is 5.75. The first-order chi connectivity index (χ1) is 8.43. The lowest BCUT2D eigenvalue weighted by molar-refractivity contribution is -0.139. The Hall–Kier alpha value is -2.04. The molecule has 0 bridgehead atoms. The van der Waals surface area contributed by atoms with Crippen molar-refractivity contribution in [2.24, 2.45) is 0 Å². The summed E-state index contributed by atoms with van der Waals surface area (Å²) < 4.78 is 0. The predicted octanol–water partition coefficient (Wildman–Crippen LogP) is 1.25. The molecule has 5 heteroatoms. The number of nitrogens with zero attached hydrogens (tertiary/aromatic N) is 2. The molecule has 0 aromatic heterocycles. The van der Waals surface area contributed by atoms with Crippen molar-refractivity contribution < 1.29 is 14.7 Å². The van der Waals surface area contributed by atoms with Crippen molar-refractivity contribution in [2.45, 2.75) is 19.4 Å². The average Bonchev–Trinajstić information content (AvgIpc) is 2.31. The highest BCUT2D eigenvalue weighted by Gasteiger charge is 2.36. The van der Waals surface area contributed by atoms with Crippen LogP contribution in [0.2, 0.25) is 0 Å². The number of hydrogen-bond acceptors (Lipinski definition) is 3. The zero-order valence-corrected chi connectivity index (χ0v) is 10.7. The molecule has 5 nitrogen and oxygen atoms in total. The number of benzene rings is 1. The molecule has 0 saturated carbocycles. The Morgan fingerprint density at radius 3 is 2.67 bits per heavy atom. The number of para-hydroxylation sites is 1. The Balaban J connectivity index is 2.51. The highest BCUT2D eigenvalue weighted by atomic mass is 16.4. The van der Waals surface area contributed by atoms with E-state index < -0.39 is 12.0 Å². The highest BCUT2D eigenvalue weighted by molar-refractivity contribution is 6.06. The molecule has 1 aromatic rings. The summed E-state index contributed by atoms with van der Waals surface area (Å²) in [5.41, 5.74) is 2.78. The van der Waals surface area contributed by atoms with Gasteiger partial charge in [0.05, 0.1) is 17.8 Å². The number of rotatable bonds is 2. The van der Waals surface area contributed by atoms with Crippen molar-refractivity contribution in [2.75, 3.05) is 23.9 Å². The van der Waals surface area contributed by atoms with Gasteiger partial charge in [0, 0.05) is 14.1 Å². The van der Waals surface area contributed by atoms with Gasteiger partial charge in [-0.2, -0.15) is 0 Å². The summed E-state index contributed by atoms with van der Waals surface area (Å²) >= 11 is 0. The van der Waals surface area contributed by atoms with Crippen LogP contribution in [0.25, 0.3) is 0 Å². The fraction of sp³-hybridized carbons (Fsp3) is 0.385. The summed E-state index contributed by atoms with van der Waals surface area (Å²) in [6.07, 6.45) is -0.187. The minimum absolute atomic E-state index is 0.182. The monoisotopic (exact) mass is 248 g/mol. The molecule has 0 saturated heterocycles. The maximum atomic E-state index is 12.2. The van der Waals surface area contributed by atoms with Crippen LogP contribution >= 0.6 is 0 Å². The maximum absolute atomic E-state index is 12.2. The Labute approximate surface area is 106 Å². The van der Waals surface area contributed by atoms with Gasteiger partial charge >= 0.3 is 5.97 Å². The van der Waals surface area contributed by atoms with Gasteiger partial charge < -0.3 is 14.9 Å². The van der Waals surface area contributed by atoms with Crippen LogP contribution in [0.5, 0.6) is 0 Å². The van der Waals surface area contributed by atoms with E-state index in [9.17, 15) is 9.59 Å². The van der Waals surface area contributed by atoms with E-state index in [-0.39, 0.29) is 12.3 Å². The largest absolute Gasteiger partial charge is 0.481 e. The van der Waals surface area contributed by atoms with E-state index in [2.05, 4.69) is 0 Å². The topological polar surface area (TPSA) is 60.9 Å². The van der Waals surface area contributed by atoms with Gasteiger partial charge in [0.15, 0.2) is 0 Å². The quantitative estimate of drug-likeness (QED) is 0.855. The second-order valence-electron chi connectivity index (χ2n) is 4.56. The number of carboxylic acid groups (broad SMARTS) is 1. The summed E-state index contributed by atoms with van der Waals surface area (Å²) in [6, 6.07) is 5.08. The molecule has 1 aliphatic rings. The van der Waals surface area contributed by atoms with Gasteiger partial charge in [-0.25, -0.2) is 0 Å². The van der Waals surface area contributed by atoms with E-state index in [0.717, 1.165) is 16.9 Å². The smallest absolute Gasteiger partial charge is 0.305 e. The van der Waals surface area contributed by atoms with Gasteiger partial charge in [-0.05, 0) is 18.6 Å². The van der Waals surface area contributed by atoms with Crippen LogP contribution in [-0.4, -0.2) is 37.1 Å². The Morgan fingerprint density at radius 2 is 2.06 bits per heavy atom. The van der Waals surface area contributed by atoms with Gasteiger partial charge in [0.1, 0.15) is 6.04 Å². The van der Waals surface area contributed by atoms with Crippen molar-refractivity contribution in [3.05, 3.63) is 23.8 Å². The van der Waals surface area contributed by atoms with Gasteiger partial charge in [-0.3, -0.25) is 9.59 Å². The molecule has 0 aliphatic carbocycles. The van der Waals surface area contributed by atoms with Crippen LogP contribution in [0.4, 0.5) is 11.4 Å². The number of anilines is 2. The molecule has 0 radical (unpaired) electrons. The first-order valence-electron chi connectivity index (χ1n) is 5.75. The average molecular weight is 248 g/mol. The molecule has 1 unspecified atom stereocenters. The van der Waals surface area contributed by atoms with Crippen LogP contribution in [0.15, 0.2) is 18.2 Å². The zero-order valence-electron chi connectivity index (χ0n) is 10.7. The zero-order chi connectivity index (χ0) is 13.4. The van der Waals surface area contributed by atoms with E-state index in [1.807, 2.05) is 25.1 Å². The van der Waals surface area contributed by atoms with Gasteiger partial charge in [-0.15, -0.1) is 0 Å². The maximum Gasteiger partial charge on any atom is 0.305 e. The number of carbonyl (C=O) groups excluding carboxylic acids is 1. The molecule has 1 aromatic carbocycles. The normalized spacial score (nSPS) is 18.8. The number of amides is 1. The van der Waals surface area contributed by atoms with Crippen LogP contribution < -0.4 is 9.80 Å². The predicted molar refractivity (Wildman–Crippen MR) is 69.0 cm³/mol. The van der Waals surface area contributed by atoms with Crippen LogP contribution in [0.1, 0.15) is 12.0 Å². The van der Waals surface area contributed by atoms with Crippen molar-refractivity contribution in [1.82, 2.24) is 0 Å². The lowest BCUT2D eigenvalue weighted by Crippen LogP contribution is -2.51. The van der Waals surface area contributed by atoms with Crippen LogP contribution in [0, 0.1) is 6.92 Å². The minimum atomic E-state index is -0.967. The van der Waals surface area contributed by atoms with E-state index in [0.29, 0.717) is 0 Å². The Kier molecular flexibility index (Phi) is 2.98. The van der Waals surface area contributed by atoms with Crippen LogP contribution in [-0.2, 0) is 9.59 Å². The Bertz CT molecular complexity index is 513. The third kappa shape index (κ3) is 1.81. The summed E-state index contributed by atoms with van der Waals surface area (Å²) in [4.78, 5) is 26.3. The van der Waals surface area contributed by atoms with Crippen molar-refractivity contribution in [3.63, 3.8) is 0 Å². The third-order valence-corrected chi connectivity index (χ3v) is 3.38. The van der Waals surface area contributed by atoms with Crippen molar-refractivity contribution in [1.29, 1.82) is 0 Å². The molecule has 1 N–H and O–H groups in total. The van der Waals surface area contributed by atoms with Gasteiger partial charge in [0.2, 0.25) is 5.91 Å². The fourth-order valence-corrected chi connectivity index (χ4v) is 2.43. The van der Waals surface area contributed by atoms with E-state index in [1.54, 1.807) is 19.0 Å². The molecular formula is C13H16N2O3. The molecule has 2 rings (SSSR count). The number of hydrogen-bond donors (Lipinski definition) is 1. The molecular weight excluding hydrogens is 232 g/mol. The van der Waals surface area contributed by atoms with E-state index in [1.165, 1.54) is 4.90 Å². The number of aryl methyl sites for hydroxylation is 1. The van der Waals surface area contributed by atoms with E-state index in [4.69, 9.17) is 5.11 Å². The highest BCUT2D eigenvalue weighted by Crippen LogP contribution is 2.37. The summed E-state index contributed by atoms with van der Waals surface area (Å²) in [5, 5.41) is 8.91. The molecule has 0 fully saturated rings. The lowest BCUT2D eigenvalue weighted by Gasteiger charge is -2.39. The van der Waals surface area contributed by atoms with E-state index >= 15 is 0 Å². The van der Waals surface area contributed by atoms with Crippen LogP contribution in [0.3, 0.4) is 0 Å². The van der Waals surface area contributed by atoms with Crippen molar-refractivity contribution in [3.8, 4) is 0 Å². The number of likely N-dealkylation sites (N-methyl/N-ethyl adjacent to an activating group) is 2. The molecule has 18 heavy (non-hydrogen) atoms. The van der Waals surface area contributed by atoms with Gasteiger partial charge in [0.25, 0.3) is 0 Å². The third-order valence-electron chi connectivity index (χ3n) is 3.38. The standard InChI is InChI=1S/C13H16N2O3/c1-8-5-4-6-9-12(8)14(2)10(7-11(16)17)13(18)15(9)3/h4-6,10H,7H2,1-3H3,(H,16,17). The fourth-order valence-electron chi connectivity index (χ4n) is 2.43. The molecule has 0 spiro atoms. The number of carboxylic acids is 1.